The maximum Gasteiger partial charge on any atom is 0.144 e. The molecule has 0 aliphatic rings. The van der Waals surface area contributed by atoms with Gasteiger partial charge in [-0.3, -0.25) is 0 Å². The number of nitrogens with zero attached hydrogens (tertiary/aromatic N) is 2. The fourth-order valence-corrected chi connectivity index (χ4v) is 2.82. The molecule has 0 radical (unpaired) electrons. The van der Waals surface area contributed by atoms with E-state index in [1.165, 1.54) is 0 Å². The Bertz CT molecular complexity index is 546. The minimum Gasteiger partial charge on any atom is -0.372 e. The SMILES string of the molecule is CCSCc1nc(NC)c(Br)c(-c2ccccc2)n1. The third-order valence-electron chi connectivity index (χ3n) is 2.62. The fourth-order valence-electron chi connectivity index (χ4n) is 1.70. The average Bonchev–Trinajstić information content (AvgIpc) is 2.47. The van der Waals surface area contributed by atoms with Crippen molar-refractivity contribution in [1.29, 1.82) is 0 Å². The van der Waals surface area contributed by atoms with Crippen molar-refractivity contribution in [3.8, 4) is 11.3 Å². The first-order valence-corrected chi connectivity index (χ1v) is 8.08. The molecule has 1 N–H and O–H groups in total. The Morgan fingerprint density at radius 2 is 1.95 bits per heavy atom. The van der Waals surface area contributed by atoms with Gasteiger partial charge in [0.15, 0.2) is 0 Å². The largest absolute Gasteiger partial charge is 0.372 e. The zero-order valence-corrected chi connectivity index (χ0v) is 13.4. The normalized spacial score (nSPS) is 10.5. The second-order valence-electron chi connectivity index (χ2n) is 3.90. The van der Waals surface area contributed by atoms with Gasteiger partial charge < -0.3 is 5.32 Å². The molecule has 3 nitrogen and oxygen atoms in total. The monoisotopic (exact) mass is 337 g/mol. The summed E-state index contributed by atoms with van der Waals surface area (Å²) in [7, 11) is 1.87. The second kappa shape index (κ2) is 6.91. The van der Waals surface area contributed by atoms with Gasteiger partial charge >= 0.3 is 0 Å². The first kappa shape index (κ1) is 14.3. The molecule has 1 aromatic heterocycles. The van der Waals surface area contributed by atoms with Gasteiger partial charge in [-0.1, -0.05) is 37.3 Å². The van der Waals surface area contributed by atoms with Crippen LogP contribution in [-0.2, 0) is 5.75 Å². The zero-order valence-electron chi connectivity index (χ0n) is 11.0. The Balaban J connectivity index is 2.46. The van der Waals surface area contributed by atoms with Gasteiger partial charge in [-0.25, -0.2) is 9.97 Å². The summed E-state index contributed by atoms with van der Waals surface area (Å²) in [5, 5.41) is 3.11. The zero-order chi connectivity index (χ0) is 13.7. The van der Waals surface area contributed by atoms with E-state index in [-0.39, 0.29) is 0 Å². The molecule has 100 valence electrons. The molecule has 0 amide bonds. The van der Waals surface area contributed by atoms with E-state index < -0.39 is 0 Å². The molecule has 2 rings (SSSR count). The van der Waals surface area contributed by atoms with Crippen LogP contribution in [0.2, 0.25) is 0 Å². The number of halogens is 1. The topological polar surface area (TPSA) is 37.8 Å². The quantitative estimate of drug-likeness (QED) is 0.887. The van der Waals surface area contributed by atoms with Gasteiger partial charge in [0.1, 0.15) is 11.6 Å². The van der Waals surface area contributed by atoms with Crippen molar-refractivity contribution in [3.05, 3.63) is 40.6 Å². The van der Waals surface area contributed by atoms with Gasteiger partial charge in [-0.05, 0) is 21.7 Å². The molecule has 0 fully saturated rings. The predicted molar refractivity (Wildman–Crippen MR) is 86.6 cm³/mol. The Kier molecular flexibility index (Phi) is 5.22. The van der Waals surface area contributed by atoms with Crippen LogP contribution < -0.4 is 5.32 Å². The summed E-state index contributed by atoms with van der Waals surface area (Å²) >= 11 is 5.41. The molecule has 1 heterocycles. The number of hydrogen-bond donors (Lipinski definition) is 1. The first-order chi connectivity index (χ1) is 9.26. The lowest BCUT2D eigenvalue weighted by atomic mass is 10.1. The van der Waals surface area contributed by atoms with Crippen LogP contribution in [0.4, 0.5) is 5.82 Å². The van der Waals surface area contributed by atoms with Gasteiger partial charge in [0.2, 0.25) is 0 Å². The number of hydrogen-bond acceptors (Lipinski definition) is 4. The molecule has 0 aliphatic carbocycles. The molecule has 0 unspecified atom stereocenters. The summed E-state index contributed by atoms with van der Waals surface area (Å²) in [6.07, 6.45) is 0. The molecule has 0 aliphatic heterocycles. The van der Waals surface area contributed by atoms with Crippen molar-refractivity contribution in [2.45, 2.75) is 12.7 Å². The van der Waals surface area contributed by atoms with E-state index in [1.54, 1.807) is 0 Å². The summed E-state index contributed by atoms with van der Waals surface area (Å²) < 4.78 is 0.909. The summed E-state index contributed by atoms with van der Waals surface area (Å²) in [4.78, 5) is 9.19. The van der Waals surface area contributed by atoms with Crippen molar-refractivity contribution in [2.75, 3.05) is 18.1 Å². The van der Waals surface area contributed by atoms with E-state index in [9.17, 15) is 0 Å². The van der Waals surface area contributed by atoms with E-state index in [1.807, 2.05) is 37.0 Å². The van der Waals surface area contributed by atoms with E-state index in [4.69, 9.17) is 0 Å². The summed E-state index contributed by atoms with van der Waals surface area (Å²) in [5.41, 5.74) is 2.03. The highest BCUT2D eigenvalue weighted by atomic mass is 79.9. The number of rotatable bonds is 5. The average molecular weight is 338 g/mol. The summed E-state index contributed by atoms with van der Waals surface area (Å²) in [6.45, 7) is 2.14. The van der Waals surface area contributed by atoms with Crippen LogP contribution in [0.1, 0.15) is 12.7 Å². The molecule has 19 heavy (non-hydrogen) atoms. The molecule has 0 saturated heterocycles. The molecule has 5 heteroatoms. The highest BCUT2D eigenvalue weighted by Crippen LogP contribution is 2.31. The van der Waals surface area contributed by atoms with Gasteiger partial charge in [0.25, 0.3) is 0 Å². The van der Waals surface area contributed by atoms with Crippen LogP contribution in [0, 0.1) is 0 Å². The Hall–Kier alpha value is -1.07. The van der Waals surface area contributed by atoms with E-state index in [0.717, 1.165) is 38.9 Å². The Morgan fingerprint density at radius 3 is 2.58 bits per heavy atom. The molecular weight excluding hydrogens is 322 g/mol. The lowest BCUT2D eigenvalue weighted by Crippen LogP contribution is -2.03. The van der Waals surface area contributed by atoms with Crippen LogP contribution in [0.3, 0.4) is 0 Å². The van der Waals surface area contributed by atoms with Crippen LogP contribution >= 0.6 is 27.7 Å². The minimum atomic E-state index is 0.832. The lowest BCUT2D eigenvalue weighted by molar-refractivity contribution is 1.03. The van der Waals surface area contributed by atoms with E-state index in [0.29, 0.717) is 0 Å². The van der Waals surface area contributed by atoms with Crippen LogP contribution in [0.5, 0.6) is 0 Å². The van der Waals surface area contributed by atoms with Crippen molar-refractivity contribution < 1.29 is 0 Å². The minimum absolute atomic E-state index is 0.832. The second-order valence-corrected chi connectivity index (χ2v) is 5.97. The number of anilines is 1. The number of benzene rings is 1. The standard InChI is InChI=1S/C14H16BrN3S/c1-3-19-9-11-17-13(10-7-5-4-6-8-10)12(15)14(16-2)18-11/h4-8H,3,9H2,1-2H3,(H,16,17,18). The van der Waals surface area contributed by atoms with Crippen molar-refractivity contribution >= 4 is 33.5 Å². The Morgan fingerprint density at radius 1 is 1.21 bits per heavy atom. The van der Waals surface area contributed by atoms with Gasteiger partial charge in [0, 0.05) is 12.6 Å². The van der Waals surface area contributed by atoms with Crippen LogP contribution in [0.25, 0.3) is 11.3 Å². The highest BCUT2D eigenvalue weighted by Gasteiger charge is 2.12. The number of nitrogens with one attached hydrogen (secondary N) is 1. The lowest BCUT2D eigenvalue weighted by Gasteiger charge is -2.11. The summed E-state index contributed by atoms with van der Waals surface area (Å²) in [5.74, 6) is 3.59. The third-order valence-corrected chi connectivity index (χ3v) is 4.24. The summed E-state index contributed by atoms with van der Waals surface area (Å²) in [6, 6.07) is 10.2. The van der Waals surface area contributed by atoms with Crippen LogP contribution in [-0.4, -0.2) is 22.8 Å². The van der Waals surface area contributed by atoms with Gasteiger partial charge in [0.05, 0.1) is 15.9 Å². The molecule has 0 spiro atoms. The maximum absolute atomic E-state index is 4.67. The smallest absolute Gasteiger partial charge is 0.144 e. The predicted octanol–water partition coefficient (Wildman–Crippen LogP) is 4.20. The van der Waals surface area contributed by atoms with Crippen molar-refractivity contribution in [3.63, 3.8) is 0 Å². The Labute approximate surface area is 126 Å². The highest BCUT2D eigenvalue weighted by molar-refractivity contribution is 9.10. The van der Waals surface area contributed by atoms with Crippen LogP contribution in [0.15, 0.2) is 34.8 Å². The number of aromatic nitrogens is 2. The third kappa shape index (κ3) is 3.48. The number of thioether (sulfide) groups is 1. The molecule has 1 aromatic carbocycles. The molecule has 0 bridgehead atoms. The van der Waals surface area contributed by atoms with Gasteiger partial charge in [-0.2, -0.15) is 11.8 Å². The van der Waals surface area contributed by atoms with E-state index >= 15 is 0 Å². The van der Waals surface area contributed by atoms with Crippen molar-refractivity contribution in [1.82, 2.24) is 9.97 Å². The van der Waals surface area contributed by atoms with E-state index in [2.05, 4.69) is 50.3 Å². The maximum atomic E-state index is 4.67. The molecule has 0 atom stereocenters. The molecule has 0 saturated carbocycles. The first-order valence-electron chi connectivity index (χ1n) is 6.13. The van der Waals surface area contributed by atoms with Gasteiger partial charge in [-0.15, -0.1) is 0 Å². The molecular formula is C14H16BrN3S. The van der Waals surface area contributed by atoms with Crippen molar-refractivity contribution in [2.24, 2.45) is 0 Å². The fraction of sp³-hybridized carbons (Fsp3) is 0.286. The molecule has 2 aromatic rings.